The first kappa shape index (κ1) is 15.9. The van der Waals surface area contributed by atoms with Crippen LogP contribution in [0, 0.1) is 0 Å². The van der Waals surface area contributed by atoms with Gasteiger partial charge in [-0.25, -0.2) is 15.0 Å². The number of hydrogen-bond donors (Lipinski definition) is 1. The molecule has 0 bridgehead atoms. The Balaban J connectivity index is 1.67. The lowest BCUT2D eigenvalue weighted by Crippen LogP contribution is -2.33. The van der Waals surface area contributed by atoms with Gasteiger partial charge in [0.15, 0.2) is 11.5 Å². The molecule has 0 unspecified atom stereocenters. The van der Waals surface area contributed by atoms with Crippen molar-refractivity contribution in [3.05, 3.63) is 48.5 Å². The summed E-state index contributed by atoms with van der Waals surface area (Å²) in [5, 5.41) is 0. The molecule has 2 heterocycles. The highest BCUT2D eigenvalue weighted by Gasteiger charge is 2.19. The van der Waals surface area contributed by atoms with Gasteiger partial charge in [-0.2, -0.15) is 0 Å². The topological polar surface area (TPSA) is 89.9 Å². The maximum atomic E-state index is 12.6. The molecule has 0 saturated carbocycles. The summed E-state index contributed by atoms with van der Waals surface area (Å²) in [4.78, 5) is 26.7. The minimum absolute atomic E-state index is 0.0831. The molecule has 0 aliphatic rings. The molecule has 0 saturated heterocycles. The first-order valence-corrected chi connectivity index (χ1v) is 7.79. The number of hydrogen-bond acceptors (Lipinski definition) is 5. The van der Waals surface area contributed by atoms with Crippen LogP contribution in [0.3, 0.4) is 0 Å². The maximum absolute atomic E-state index is 12.6. The van der Waals surface area contributed by atoms with Crippen molar-refractivity contribution in [1.29, 1.82) is 0 Å². The van der Waals surface area contributed by atoms with Gasteiger partial charge in [0.25, 0.3) is 0 Å². The van der Waals surface area contributed by atoms with E-state index in [4.69, 9.17) is 5.73 Å². The lowest BCUT2D eigenvalue weighted by molar-refractivity contribution is -0.131. The van der Waals surface area contributed by atoms with Gasteiger partial charge in [0.1, 0.15) is 11.8 Å². The summed E-state index contributed by atoms with van der Waals surface area (Å²) >= 11 is 0. The van der Waals surface area contributed by atoms with Crippen LogP contribution < -0.4 is 5.73 Å². The third-order valence-electron chi connectivity index (χ3n) is 4.15. The summed E-state index contributed by atoms with van der Waals surface area (Å²) in [5.41, 5.74) is 8.07. The van der Waals surface area contributed by atoms with E-state index >= 15 is 0 Å². The average Bonchev–Trinajstić information content (AvgIpc) is 3.03. The van der Waals surface area contributed by atoms with Crippen LogP contribution in [-0.2, 0) is 11.3 Å². The van der Waals surface area contributed by atoms with Crippen LogP contribution in [0.15, 0.2) is 43.0 Å². The standard InChI is InChI=1S/C17H20N6O/c1-12(13-6-4-3-5-7-13)17(24)22(2)8-9-23-11-21-14-15(18)19-10-20-16(14)23/h3-7,10-12H,8-9H2,1-2H3,(H2,18,19,20)/t12-/m1/s1. The molecule has 2 N–H and O–H groups in total. The molecule has 24 heavy (non-hydrogen) atoms. The van der Waals surface area contributed by atoms with Gasteiger partial charge in [0.2, 0.25) is 5.91 Å². The Hall–Kier alpha value is -2.96. The Kier molecular flexibility index (Phi) is 4.41. The summed E-state index contributed by atoms with van der Waals surface area (Å²) in [6, 6.07) is 9.78. The van der Waals surface area contributed by atoms with Gasteiger partial charge >= 0.3 is 0 Å². The van der Waals surface area contributed by atoms with Crippen molar-refractivity contribution in [3.8, 4) is 0 Å². The minimum Gasteiger partial charge on any atom is -0.382 e. The van der Waals surface area contributed by atoms with Gasteiger partial charge in [0.05, 0.1) is 12.2 Å². The van der Waals surface area contributed by atoms with Gasteiger partial charge < -0.3 is 15.2 Å². The minimum atomic E-state index is -0.172. The molecule has 3 rings (SSSR count). The van der Waals surface area contributed by atoms with Crippen LogP contribution in [0.5, 0.6) is 0 Å². The second-order valence-corrected chi connectivity index (χ2v) is 5.76. The molecule has 7 heteroatoms. The van der Waals surface area contributed by atoms with Gasteiger partial charge in [-0.1, -0.05) is 30.3 Å². The summed E-state index contributed by atoms with van der Waals surface area (Å²) in [6.07, 6.45) is 3.09. The molecule has 124 valence electrons. The third-order valence-corrected chi connectivity index (χ3v) is 4.15. The van der Waals surface area contributed by atoms with Crippen LogP contribution in [0.4, 0.5) is 5.82 Å². The SMILES string of the molecule is C[C@@H](C(=O)N(C)CCn1cnc2c(N)ncnc21)c1ccccc1. The van der Waals surface area contributed by atoms with E-state index in [1.807, 2.05) is 48.9 Å². The van der Waals surface area contributed by atoms with Crippen molar-refractivity contribution >= 4 is 22.9 Å². The largest absolute Gasteiger partial charge is 0.382 e. The van der Waals surface area contributed by atoms with Gasteiger partial charge in [-0.3, -0.25) is 4.79 Å². The maximum Gasteiger partial charge on any atom is 0.229 e. The van der Waals surface area contributed by atoms with E-state index in [0.717, 1.165) is 5.56 Å². The zero-order valence-corrected chi connectivity index (χ0v) is 13.8. The van der Waals surface area contributed by atoms with Gasteiger partial charge in [-0.15, -0.1) is 0 Å². The molecule has 0 aliphatic carbocycles. The molecule has 1 atom stereocenters. The zero-order valence-electron chi connectivity index (χ0n) is 13.8. The fourth-order valence-electron chi connectivity index (χ4n) is 2.65. The highest BCUT2D eigenvalue weighted by molar-refractivity contribution is 5.83. The van der Waals surface area contributed by atoms with E-state index in [0.29, 0.717) is 30.1 Å². The number of imidazole rings is 1. The molecular formula is C17H20N6O. The number of rotatable bonds is 5. The second kappa shape index (κ2) is 6.66. The van der Waals surface area contributed by atoms with Crippen molar-refractivity contribution in [2.45, 2.75) is 19.4 Å². The molecule has 3 aromatic rings. The predicted octanol–water partition coefficient (Wildman–Crippen LogP) is 1.67. The predicted molar refractivity (Wildman–Crippen MR) is 92.2 cm³/mol. The van der Waals surface area contributed by atoms with Crippen LogP contribution in [0.2, 0.25) is 0 Å². The first-order valence-electron chi connectivity index (χ1n) is 7.79. The lowest BCUT2D eigenvalue weighted by Gasteiger charge is -2.22. The Morgan fingerprint density at radius 2 is 2.00 bits per heavy atom. The lowest BCUT2D eigenvalue weighted by atomic mass is 10.00. The number of carbonyl (C=O) groups excluding carboxylic acids is 1. The Bertz CT molecular complexity index is 845. The number of nitrogens with two attached hydrogens (primary N) is 1. The fourth-order valence-corrected chi connectivity index (χ4v) is 2.65. The van der Waals surface area contributed by atoms with Crippen LogP contribution >= 0.6 is 0 Å². The van der Waals surface area contributed by atoms with E-state index in [1.165, 1.54) is 6.33 Å². The van der Waals surface area contributed by atoms with Gasteiger partial charge in [-0.05, 0) is 12.5 Å². The molecular weight excluding hydrogens is 304 g/mol. The number of fused-ring (bicyclic) bond motifs is 1. The van der Waals surface area contributed by atoms with Crippen molar-refractivity contribution in [2.24, 2.45) is 0 Å². The molecule has 2 aromatic heterocycles. The number of nitrogen functional groups attached to an aromatic ring is 1. The summed E-state index contributed by atoms with van der Waals surface area (Å²) in [5.74, 6) is 0.273. The van der Waals surface area contributed by atoms with Crippen molar-refractivity contribution in [1.82, 2.24) is 24.4 Å². The summed E-state index contributed by atoms with van der Waals surface area (Å²) in [6.45, 7) is 3.08. The Labute approximate surface area is 140 Å². The van der Waals surface area contributed by atoms with Crippen LogP contribution in [0.25, 0.3) is 11.2 Å². The van der Waals surface area contributed by atoms with E-state index in [2.05, 4.69) is 15.0 Å². The van der Waals surface area contributed by atoms with Crippen molar-refractivity contribution in [2.75, 3.05) is 19.3 Å². The second-order valence-electron chi connectivity index (χ2n) is 5.76. The van der Waals surface area contributed by atoms with Gasteiger partial charge in [0, 0.05) is 20.1 Å². The third kappa shape index (κ3) is 3.05. The van der Waals surface area contributed by atoms with E-state index in [-0.39, 0.29) is 11.8 Å². The highest BCUT2D eigenvalue weighted by Crippen LogP contribution is 2.18. The zero-order chi connectivity index (χ0) is 17.1. The monoisotopic (exact) mass is 324 g/mol. The van der Waals surface area contributed by atoms with E-state index in [9.17, 15) is 4.79 Å². The number of amides is 1. The molecule has 0 radical (unpaired) electrons. The van der Waals surface area contributed by atoms with E-state index in [1.54, 1.807) is 11.2 Å². The quantitative estimate of drug-likeness (QED) is 0.771. The highest BCUT2D eigenvalue weighted by atomic mass is 16.2. The summed E-state index contributed by atoms with van der Waals surface area (Å²) in [7, 11) is 1.81. The first-order chi connectivity index (χ1) is 11.6. The number of likely N-dealkylation sites (N-methyl/N-ethyl adjacent to an activating group) is 1. The average molecular weight is 324 g/mol. The van der Waals surface area contributed by atoms with Crippen molar-refractivity contribution in [3.63, 3.8) is 0 Å². The molecule has 7 nitrogen and oxygen atoms in total. The fraction of sp³-hybridized carbons (Fsp3) is 0.294. The number of nitrogens with zero attached hydrogens (tertiary/aromatic N) is 5. The normalized spacial score (nSPS) is 12.2. The molecule has 1 amide bonds. The Morgan fingerprint density at radius 1 is 1.25 bits per heavy atom. The van der Waals surface area contributed by atoms with Crippen LogP contribution in [0.1, 0.15) is 18.4 Å². The van der Waals surface area contributed by atoms with Crippen LogP contribution in [-0.4, -0.2) is 43.9 Å². The molecule has 1 aromatic carbocycles. The smallest absolute Gasteiger partial charge is 0.229 e. The molecule has 0 aliphatic heterocycles. The summed E-state index contributed by atoms with van der Waals surface area (Å²) < 4.78 is 1.88. The molecule has 0 spiro atoms. The number of carbonyl (C=O) groups is 1. The number of aromatic nitrogens is 4. The number of benzene rings is 1. The van der Waals surface area contributed by atoms with E-state index < -0.39 is 0 Å². The Morgan fingerprint density at radius 3 is 2.75 bits per heavy atom. The number of anilines is 1. The van der Waals surface area contributed by atoms with Crippen molar-refractivity contribution < 1.29 is 4.79 Å². The molecule has 0 fully saturated rings.